The smallest absolute Gasteiger partial charge is 0.339 e. The number of fused-ring (bicyclic) bond motifs is 1. The average Bonchev–Trinajstić information content (AvgIpc) is 2.78. The van der Waals surface area contributed by atoms with Gasteiger partial charge in [-0.2, -0.15) is 15.3 Å². The topological polar surface area (TPSA) is 92.7 Å². The Bertz CT molecular complexity index is 645. The maximum Gasteiger partial charge on any atom is 0.339 e. The SMILES string of the molecule is CCn1ncc2c(N=NC(C)C)c(C(=O)O)cnc21. The Hall–Kier alpha value is -2.31. The minimum atomic E-state index is -1.07. The maximum absolute atomic E-state index is 11.2. The number of aryl methyl sites for hydroxylation is 1. The van der Waals surface area contributed by atoms with Crippen molar-refractivity contribution >= 4 is 22.7 Å². The lowest BCUT2D eigenvalue weighted by atomic mass is 10.2. The highest BCUT2D eigenvalue weighted by Gasteiger charge is 2.17. The second kappa shape index (κ2) is 5.13. The minimum Gasteiger partial charge on any atom is -0.478 e. The van der Waals surface area contributed by atoms with Crippen LogP contribution in [0.25, 0.3) is 11.0 Å². The zero-order valence-corrected chi connectivity index (χ0v) is 11.0. The summed E-state index contributed by atoms with van der Waals surface area (Å²) in [6, 6.07) is -0.00826. The first-order valence-electron chi connectivity index (χ1n) is 6.03. The first kappa shape index (κ1) is 13.1. The van der Waals surface area contributed by atoms with E-state index in [1.807, 2.05) is 20.8 Å². The van der Waals surface area contributed by atoms with Gasteiger partial charge < -0.3 is 5.11 Å². The number of pyridine rings is 1. The number of azo groups is 1. The van der Waals surface area contributed by atoms with E-state index in [1.165, 1.54) is 6.20 Å². The number of nitrogens with zero attached hydrogens (tertiary/aromatic N) is 5. The Morgan fingerprint density at radius 2 is 2.21 bits per heavy atom. The highest BCUT2D eigenvalue weighted by molar-refractivity contribution is 6.01. The molecule has 1 N–H and O–H groups in total. The molecule has 7 heteroatoms. The molecular weight excluding hydrogens is 246 g/mol. The fraction of sp³-hybridized carbons (Fsp3) is 0.417. The molecule has 19 heavy (non-hydrogen) atoms. The molecule has 2 aromatic rings. The van der Waals surface area contributed by atoms with E-state index in [0.29, 0.717) is 23.3 Å². The van der Waals surface area contributed by atoms with Crippen LogP contribution in [-0.2, 0) is 6.54 Å². The summed E-state index contributed by atoms with van der Waals surface area (Å²) < 4.78 is 1.69. The highest BCUT2D eigenvalue weighted by atomic mass is 16.4. The molecule has 0 unspecified atom stereocenters. The number of carboxylic acids is 1. The lowest BCUT2D eigenvalue weighted by Gasteiger charge is -2.03. The molecule has 0 amide bonds. The van der Waals surface area contributed by atoms with Crippen molar-refractivity contribution in [3.8, 4) is 0 Å². The van der Waals surface area contributed by atoms with Crippen molar-refractivity contribution in [3.63, 3.8) is 0 Å². The van der Waals surface area contributed by atoms with E-state index in [-0.39, 0.29) is 11.6 Å². The molecule has 0 bridgehead atoms. The molecule has 0 radical (unpaired) electrons. The van der Waals surface area contributed by atoms with Gasteiger partial charge in [0, 0.05) is 12.7 Å². The van der Waals surface area contributed by atoms with E-state index in [0.717, 1.165) is 0 Å². The number of hydrogen-bond acceptors (Lipinski definition) is 5. The van der Waals surface area contributed by atoms with Crippen molar-refractivity contribution in [3.05, 3.63) is 18.0 Å². The Labute approximate surface area is 110 Å². The summed E-state index contributed by atoms with van der Waals surface area (Å²) in [5.74, 6) is -1.07. The normalized spacial score (nSPS) is 11.8. The van der Waals surface area contributed by atoms with Crippen LogP contribution >= 0.6 is 0 Å². The van der Waals surface area contributed by atoms with Gasteiger partial charge >= 0.3 is 5.97 Å². The zero-order valence-electron chi connectivity index (χ0n) is 11.0. The molecular formula is C12H15N5O2. The lowest BCUT2D eigenvalue weighted by Crippen LogP contribution is -2.01. The second-order valence-corrected chi connectivity index (χ2v) is 4.33. The summed E-state index contributed by atoms with van der Waals surface area (Å²) in [6.45, 7) is 6.34. The number of rotatable bonds is 4. The van der Waals surface area contributed by atoms with Gasteiger partial charge in [0.1, 0.15) is 11.3 Å². The molecule has 0 saturated carbocycles. The Morgan fingerprint density at radius 3 is 2.79 bits per heavy atom. The van der Waals surface area contributed by atoms with Crippen molar-refractivity contribution in [1.29, 1.82) is 0 Å². The van der Waals surface area contributed by atoms with E-state index < -0.39 is 5.97 Å². The fourth-order valence-electron chi connectivity index (χ4n) is 1.68. The number of carboxylic acid groups (broad SMARTS) is 1. The van der Waals surface area contributed by atoms with Crippen LogP contribution in [-0.4, -0.2) is 31.9 Å². The maximum atomic E-state index is 11.2. The number of hydrogen-bond donors (Lipinski definition) is 1. The largest absolute Gasteiger partial charge is 0.478 e. The highest BCUT2D eigenvalue weighted by Crippen LogP contribution is 2.29. The van der Waals surface area contributed by atoms with E-state index in [2.05, 4.69) is 20.3 Å². The molecule has 2 rings (SSSR count). The summed E-state index contributed by atoms with van der Waals surface area (Å²) in [5, 5.41) is 22.0. The van der Waals surface area contributed by atoms with Crippen LogP contribution in [0.5, 0.6) is 0 Å². The molecule has 0 atom stereocenters. The van der Waals surface area contributed by atoms with E-state index in [1.54, 1.807) is 10.9 Å². The van der Waals surface area contributed by atoms with Gasteiger partial charge in [0.2, 0.25) is 0 Å². The molecule has 0 aliphatic carbocycles. The van der Waals surface area contributed by atoms with Gasteiger partial charge in [0.25, 0.3) is 0 Å². The summed E-state index contributed by atoms with van der Waals surface area (Å²) in [7, 11) is 0. The van der Waals surface area contributed by atoms with E-state index in [4.69, 9.17) is 0 Å². The van der Waals surface area contributed by atoms with Gasteiger partial charge in [-0.25, -0.2) is 14.5 Å². The molecule has 100 valence electrons. The first-order chi connectivity index (χ1) is 9.04. The van der Waals surface area contributed by atoms with Crippen LogP contribution in [0.15, 0.2) is 22.6 Å². The number of carbonyl (C=O) groups is 1. The third-order valence-electron chi connectivity index (χ3n) is 2.56. The predicted molar refractivity (Wildman–Crippen MR) is 69.8 cm³/mol. The van der Waals surface area contributed by atoms with Gasteiger partial charge in [0.05, 0.1) is 17.6 Å². The predicted octanol–water partition coefficient (Wildman–Crippen LogP) is 2.64. The Kier molecular flexibility index (Phi) is 3.55. The third-order valence-corrected chi connectivity index (χ3v) is 2.56. The molecule has 2 heterocycles. The quantitative estimate of drug-likeness (QED) is 0.856. The lowest BCUT2D eigenvalue weighted by molar-refractivity contribution is 0.0697. The second-order valence-electron chi connectivity index (χ2n) is 4.33. The molecule has 0 fully saturated rings. The van der Waals surface area contributed by atoms with Crippen molar-refractivity contribution in [2.24, 2.45) is 10.2 Å². The summed E-state index contributed by atoms with van der Waals surface area (Å²) >= 11 is 0. The molecule has 2 aromatic heterocycles. The summed E-state index contributed by atoms with van der Waals surface area (Å²) in [6.07, 6.45) is 2.88. The van der Waals surface area contributed by atoms with Crippen molar-refractivity contribution in [2.75, 3.05) is 0 Å². The van der Waals surface area contributed by atoms with Crippen molar-refractivity contribution < 1.29 is 9.90 Å². The fourth-order valence-corrected chi connectivity index (χ4v) is 1.68. The van der Waals surface area contributed by atoms with Crippen molar-refractivity contribution in [2.45, 2.75) is 33.4 Å². The summed E-state index contributed by atoms with van der Waals surface area (Å²) in [5.41, 5.74) is 0.962. The van der Waals surface area contributed by atoms with Gasteiger partial charge in [-0.1, -0.05) is 0 Å². The molecule has 0 aromatic carbocycles. The molecule has 7 nitrogen and oxygen atoms in total. The van der Waals surface area contributed by atoms with Gasteiger partial charge in [0.15, 0.2) is 5.65 Å². The minimum absolute atomic E-state index is 0.00826. The molecule has 0 saturated heterocycles. The third kappa shape index (κ3) is 2.44. The van der Waals surface area contributed by atoms with Crippen LogP contribution in [0, 0.1) is 0 Å². The van der Waals surface area contributed by atoms with Gasteiger partial charge in [-0.05, 0) is 20.8 Å². The Morgan fingerprint density at radius 1 is 1.47 bits per heavy atom. The molecule has 0 aliphatic heterocycles. The van der Waals surface area contributed by atoms with E-state index in [9.17, 15) is 9.90 Å². The van der Waals surface area contributed by atoms with Gasteiger partial charge in [-0.15, -0.1) is 0 Å². The average molecular weight is 261 g/mol. The first-order valence-corrected chi connectivity index (χ1v) is 6.03. The van der Waals surface area contributed by atoms with Gasteiger partial charge in [-0.3, -0.25) is 0 Å². The van der Waals surface area contributed by atoms with Crippen LogP contribution < -0.4 is 0 Å². The summed E-state index contributed by atoms with van der Waals surface area (Å²) in [4.78, 5) is 15.4. The molecule has 0 spiro atoms. The van der Waals surface area contributed by atoms with Crippen molar-refractivity contribution in [1.82, 2.24) is 14.8 Å². The van der Waals surface area contributed by atoms with E-state index >= 15 is 0 Å². The van der Waals surface area contributed by atoms with Crippen LogP contribution in [0.4, 0.5) is 5.69 Å². The zero-order chi connectivity index (χ0) is 14.0. The van der Waals surface area contributed by atoms with Crippen LogP contribution in [0.3, 0.4) is 0 Å². The number of aromatic carboxylic acids is 1. The van der Waals surface area contributed by atoms with Crippen LogP contribution in [0.2, 0.25) is 0 Å². The number of aromatic nitrogens is 3. The van der Waals surface area contributed by atoms with Crippen LogP contribution in [0.1, 0.15) is 31.1 Å². The standard InChI is InChI=1S/C12H15N5O2/c1-4-17-11-8(6-14-17)10(16-15-7(2)3)9(5-13-11)12(18)19/h5-7H,4H2,1-3H3,(H,18,19). The molecule has 0 aliphatic rings. The monoisotopic (exact) mass is 261 g/mol. The Balaban J connectivity index is 2.69.